The molecule has 1 aliphatic heterocycles. The van der Waals surface area contributed by atoms with Crippen molar-refractivity contribution in [2.24, 2.45) is 0 Å². The van der Waals surface area contributed by atoms with Gasteiger partial charge in [0, 0.05) is 25.7 Å². The molecule has 1 saturated heterocycles. The molecule has 4 N–H and O–H groups in total. The normalized spacial score (nSPS) is 16.4. The first kappa shape index (κ1) is 21.1. The van der Waals surface area contributed by atoms with Gasteiger partial charge < -0.3 is 20.7 Å². The first-order valence-electron chi connectivity index (χ1n) is 8.66. The molecule has 1 atom stereocenters. The number of nitrogens with one attached hydrogen (secondary N) is 4. The molecule has 0 bridgehead atoms. The Balaban J connectivity index is 1.80. The Morgan fingerprint density at radius 3 is 2.77 bits per heavy atom. The van der Waals surface area contributed by atoms with Gasteiger partial charge in [0.05, 0.1) is 30.8 Å². The van der Waals surface area contributed by atoms with E-state index >= 15 is 0 Å². The number of nitrogens with zero attached hydrogens (tertiary/aromatic N) is 5. The smallest absolute Gasteiger partial charge is 0.380 e. The van der Waals surface area contributed by atoms with Crippen LogP contribution in [0.15, 0.2) is 18.5 Å². The van der Waals surface area contributed by atoms with Crippen LogP contribution in [-0.2, 0) is 4.74 Å². The minimum absolute atomic E-state index is 0.0185. The SMILES string of the molecule is N#Cc1cnc(Nc2cc(NC[C@@H]3CNCCO3)c(C(=O)NC(F)(F)F)nn2)cn1. The Labute approximate surface area is 168 Å². The predicted octanol–water partition coefficient (Wildman–Crippen LogP) is 0.532. The molecule has 0 saturated carbocycles. The molecule has 1 aliphatic rings. The molecular formula is C16H16F3N9O2. The first-order chi connectivity index (χ1) is 14.3. The number of ether oxygens (including phenoxy) is 1. The summed E-state index contributed by atoms with van der Waals surface area (Å²) in [5.74, 6) is -1.13. The molecule has 0 aliphatic carbocycles. The van der Waals surface area contributed by atoms with Crippen molar-refractivity contribution in [2.45, 2.75) is 12.4 Å². The molecule has 0 unspecified atom stereocenters. The molecule has 3 rings (SSSR count). The van der Waals surface area contributed by atoms with Crippen molar-refractivity contribution >= 4 is 23.2 Å². The van der Waals surface area contributed by atoms with Crippen molar-refractivity contribution in [1.29, 1.82) is 5.26 Å². The van der Waals surface area contributed by atoms with Crippen molar-refractivity contribution < 1.29 is 22.7 Å². The Kier molecular flexibility index (Phi) is 6.54. The second kappa shape index (κ2) is 9.29. The van der Waals surface area contributed by atoms with Crippen molar-refractivity contribution in [1.82, 2.24) is 30.8 Å². The van der Waals surface area contributed by atoms with Crippen LogP contribution in [-0.4, -0.2) is 64.7 Å². The summed E-state index contributed by atoms with van der Waals surface area (Å²) in [5.41, 5.74) is -0.410. The first-order valence-corrected chi connectivity index (χ1v) is 8.66. The van der Waals surface area contributed by atoms with Crippen molar-refractivity contribution in [3.63, 3.8) is 0 Å². The van der Waals surface area contributed by atoms with Gasteiger partial charge >= 0.3 is 6.30 Å². The van der Waals surface area contributed by atoms with Crippen LogP contribution in [0.2, 0.25) is 0 Å². The Bertz CT molecular complexity index is 925. The van der Waals surface area contributed by atoms with E-state index < -0.39 is 17.9 Å². The number of morpholine rings is 1. The predicted molar refractivity (Wildman–Crippen MR) is 96.7 cm³/mol. The van der Waals surface area contributed by atoms with Gasteiger partial charge in [-0.2, -0.15) is 18.4 Å². The highest BCUT2D eigenvalue weighted by molar-refractivity contribution is 5.98. The largest absolute Gasteiger partial charge is 0.484 e. The maximum atomic E-state index is 12.5. The van der Waals surface area contributed by atoms with Gasteiger partial charge in [0.15, 0.2) is 17.2 Å². The summed E-state index contributed by atoms with van der Waals surface area (Å²) >= 11 is 0. The lowest BCUT2D eigenvalue weighted by molar-refractivity contribution is -0.146. The zero-order valence-corrected chi connectivity index (χ0v) is 15.3. The number of amides is 1. The molecule has 3 heterocycles. The lowest BCUT2D eigenvalue weighted by atomic mass is 10.2. The fraction of sp³-hybridized carbons (Fsp3) is 0.375. The maximum Gasteiger partial charge on any atom is 0.484 e. The minimum atomic E-state index is -4.92. The highest BCUT2D eigenvalue weighted by Gasteiger charge is 2.32. The zero-order chi connectivity index (χ0) is 21.6. The monoisotopic (exact) mass is 423 g/mol. The van der Waals surface area contributed by atoms with Crippen LogP contribution < -0.4 is 21.3 Å². The molecule has 1 fully saturated rings. The zero-order valence-electron chi connectivity index (χ0n) is 15.3. The molecule has 30 heavy (non-hydrogen) atoms. The van der Waals surface area contributed by atoms with Crippen molar-refractivity contribution in [2.75, 3.05) is 36.9 Å². The average molecular weight is 423 g/mol. The van der Waals surface area contributed by atoms with Crippen LogP contribution in [0.5, 0.6) is 0 Å². The number of rotatable bonds is 6. The fourth-order valence-electron chi connectivity index (χ4n) is 2.50. The van der Waals surface area contributed by atoms with E-state index in [0.29, 0.717) is 19.7 Å². The van der Waals surface area contributed by atoms with Crippen molar-refractivity contribution in [3.05, 3.63) is 29.8 Å². The number of aromatic nitrogens is 4. The van der Waals surface area contributed by atoms with Gasteiger partial charge in [-0.25, -0.2) is 9.97 Å². The topological polar surface area (TPSA) is 150 Å². The molecule has 14 heteroatoms. The van der Waals surface area contributed by atoms with Gasteiger partial charge in [-0.3, -0.25) is 10.1 Å². The lowest BCUT2D eigenvalue weighted by Crippen LogP contribution is -2.42. The lowest BCUT2D eigenvalue weighted by Gasteiger charge is -2.24. The number of hydrogen-bond acceptors (Lipinski definition) is 10. The summed E-state index contributed by atoms with van der Waals surface area (Å²) in [6.45, 7) is 1.96. The van der Waals surface area contributed by atoms with Crippen LogP contribution >= 0.6 is 0 Å². The fourth-order valence-corrected chi connectivity index (χ4v) is 2.50. The van der Waals surface area contributed by atoms with E-state index in [0.717, 1.165) is 5.32 Å². The Hall–Kier alpha value is -3.57. The third-order valence-corrected chi connectivity index (χ3v) is 3.81. The number of alkyl halides is 3. The molecule has 0 aromatic carbocycles. The summed E-state index contributed by atoms with van der Waals surface area (Å²) < 4.78 is 43.2. The van der Waals surface area contributed by atoms with Crippen LogP contribution in [0.4, 0.5) is 30.5 Å². The van der Waals surface area contributed by atoms with Gasteiger partial charge in [0.2, 0.25) is 0 Å². The highest BCUT2D eigenvalue weighted by atomic mass is 19.4. The van der Waals surface area contributed by atoms with E-state index in [9.17, 15) is 18.0 Å². The van der Waals surface area contributed by atoms with Gasteiger partial charge in [0.25, 0.3) is 5.91 Å². The average Bonchev–Trinajstić information content (AvgIpc) is 2.72. The number of nitriles is 1. The Morgan fingerprint density at radius 1 is 1.30 bits per heavy atom. The van der Waals surface area contributed by atoms with Crippen LogP contribution in [0.3, 0.4) is 0 Å². The molecule has 0 radical (unpaired) electrons. The third kappa shape index (κ3) is 5.96. The number of anilines is 3. The van der Waals surface area contributed by atoms with E-state index in [1.54, 1.807) is 0 Å². The summed E-state index contributed by atoms with van der Waals surface area (Å²) in [6.07, 6.45) is -2.65. The van der Waals surface area contributed by atoms with Gasteiger partial charge in [0.1, 0.15) is 11.9 Å². The maximum absolute atomic E-state index is 12.5. The van der Waals surface area contributed by atoms with E-state index in [4.69, 9.17) is 10.00 Å². The number of carbonyl (C=O) groups is 1. The van der Waals surface area contributed by atoms with E-state index in [2.05, 4.69) is 36.1 Å². The molecule has 0 spiro atoms. The van der Waals surface area contributed by atoms with Crippen molar-refractivity contribution in [3.8, 4) is 6.07 Å². The molecule has 2 aromatic heterocycles. The van der Waals surface area contributed by atoms with Gasteiger partial charge in [-0.15, -0.1) is 10.2 Å². The molecule has 1 amide bonds. The summed E-state index contributed by atoms with van der Waals surface area (Å²) in [7, 11) is 0. The van der Waals surface area contributed by atoms with Crippen LogP contribution in [0.25, 0.3) is 0 Å². The summed E-state index contributed by atoms with van der Waals surface area (Å²) in [5, 5.41) is 25.7. The second-order valence-electron chi connectivity index (χ2n) is 6.05. The molecule has 11 nitrogen and oxygen atoms in total. The van der Waals surface area contributed by atoms with Gasteiger partial charge in [-0.1, -0.05) is 0 Å². The van der Waals surface area contributed by atoms with Crippen LogP contribution in [0.1, 0.15) is 16.2 Å². The second-order valence-corrected chi connectivity index (χ2v) is 6.05. The van der Waals surface area contributed by atoms with E-state index in [1.807, 2.05) is 6.07 Å². The minimum Gasteiger partial charge on any atom is -0.380 e. The summed E-state index contributed by atoms with van der Waals surface area (Å²) in [6, 6.07) is 3.13. The molecule has 158 valence electrons. The quantitative estimate of drug-likeness (QED) is 0.485. The van der Waals surface area contributed by atoms with E-state index in [-0.39, 0.29) is 35.7 Å². The van der Waals surface area contributed by atoms with E-state index in [1.165, 1.54) is 18.5 Å². The van der Waals surface area contributed by atoms with Crippen LogP contribution in [0, 0.1) is 11.3 Å². The number of carbonyl (C=O) groups excluding carboxylic acids is 1. The number of hydrogen-bond donors (Lipinski definition) is 4. The highest BCUT2D eigenvalue weighted by Crippen LogP contribution is 2.21. The third-order valence-electron chi connectivity index (χ3n) is 3.81. The Morgan fingerprint density at radius 2 is 2.13 bits per heavy atom. The molecular weight excluding hydrogens is 407 g/mol. The molecule has 2 aromatic rings. The standard InChI is InChI=1S/C16H16F3N9O2/c17-16(18,19)26-15(29)14-11(23-7-10-6-21-1-2-30-10)3-12(27-28-14)25-13-8-22-9(4-20)5-24-13/h3,5,8,10,21H,1-2,6-7H2,(H,26,29)(H2,23,24,25,27)/t10-/m0/s1. The number of halogens is 3. The summed E-state index contributed by atoms with van der Waals surface area (Å²) in [4.78, 5) is 19.8. The van der Waals surface area contributed by atoms with Gasteiger partial charge in [-0.05, 0) is 0 Å².